The summed E-state index contributed by atoms with van der Waals surface area (Å²) in [6.45, 7) is 8.04. The molecule has 6 heteroatoms. The third kappa shape index (κ3) is 5.27. The molecule has 2 aliphatic heterocycles. The van der Waals surface area contributed by atoms with Gasteiger partial charge < -0.3 is 19.9 Å². The third-order valence-electron chi connectivity index (χ3n) is 5.10. The van der Waals surface area contributed by atoms with Gasteiger partial charge in [0.05, 0.1) is 44.1 Å². The lowest BCUT2D eigenvalue weighted by atomic mass is 9.97. The molecule has 0 bridgehead atoms. The summed E-state index contributed by atoms with van der Waals surface area (Å²) in [6, 6.07) is 7.86. The topological polar surface area (TPSA) is 71.0 Å². The zero-order valence-corrected chi connectivity index (χ0v) is 15.7. The van der Waals surface area contributed by atoms with Crippen molar-refractivity contribution in [3.8, 4) is 0 Å². The lowest BCUT2D eigenvalue weighted by Crippen LogP contribution is -2.54. The van der Waals surface area contributed by atoms with Crippen LogP contribution in [0, 0.1) is 0 Å². The van der Waals surface area contributed by atoms with Crippen LogP contribution in [0.2, 0.25) is 0 Å². The quantitative estimate of drug-likeness (QED) is 0.796. The summed E-state index contributed by atoms with van der Waals surface area (Å²) < 4.78 is 11.1. The van der Waals surface area contributed by atoms with Crippen LogP contribution < -0.4 is 5.32 Å². The van der Waals surface area contributed by atoms with E-state index in [0.29, 0.717) is 25.2 Å². The van der Waals surface area contributed by atoms with Crippen molar-refractivity contribution in [3.05, 3.63) is 35.4 Å². The predicted molar refractivity (Wildman–Crippen MR) is 99.3 cm³/mol. The Morgan fingerprint density at radius 1 is 1.27 bits per heavy atom. The molecule has 3 rings (SSSR count). The number of benzene rings is 1. The summed E-state index contributed by atoms with van der Waals surface area (Å²) in [7, 11) is 0. The molecule has 144 valence electrons. The number of ether oxygens (including phenoxy) is 2. The van der Waals surface area contributed by atoms with Crippen LogP contribution >= 0.6 is 0 Å². The fourth-order valence-corrected chi connectivity index (χ4v) is 3.52. The van der Waals surface area contributed by atoms with Crippen LogP contribution in [0.4, 0.5) is 0 Å². The van der Waals surface area contributed by atoms with E-state index in [9.17, 15) is 9.90 Å². The van der Waals surface area contributed by atoms with Crippen molar-refractivity contribution in [3.63, 3.8) is 0 Å². The Bertz CT molecular complexity index is 608. The molecule has 26 heavy (non-hydrogen) atoms. The summed E-state index contributed by atoms with van der Waals surface area (Å²) in [5, 5.41) is 13.0. The van der Waals surface area contributed by atoms with Crippen molar-refractivity contribution in [1.82, 2.24) is 10.2 Å². The summed E-state index contributed by atoms with van der Waals surface area (Å²) in [4.78, 5) is 15.1. The van der Waals surface area contributed by atoms with Gasteiger partial charge in [-0.2, -0.15) is 0 Å². The van der Waals surface area contributed by atoms with Gasteiger partial charge in [0.25, 0.3) is 5.91 Å². The maximum Gasteiger partial charge on any atom is 0.251 e. The number of hydrogen-bond acceptors (Lipinski definition) is 5. The second-order valence-corrected chi connectivity index (χ2v) is 7.85. The van der Waals surface area contributed by atoms with Crippen LogP contribution in [-0.4, -0.2) is 73.1 Å². The van der Waals surface area contributed by atoms with E-state index < -0.39 is 5.60 Å². The highest BCUT2D eigenvalue weighted by atomic mass is 16.5. The van der Waals surface area contributed by atoms with Crippen molar-refractivity contribution in [2.75, 3.05) is 39.5 Å². The minimum Gasteiger partial charge on any atom is -0.390 e. The molecule has 6 nitrogen and oxygen atoms in total. The molecule has 2 saturated heterocycles. The second-order valence-electron chi connectivity index (χ2n) is 7.85. The molecule has 0 unspecified atom stereocenters. The maximum atomic E-state index is 12.7. The molecule has 2 fully saturated rings. The van der Waals surface area contributed by atoms with Gasteiger partial charge in [-0.25, -0.2) is 0 Å². The number of nitrogens with zero attached hydrogens (tertiary/aromatic N) is 1. The fourth-order valence-electron chi connectivity index (χ4n) is 3.52. The van der Waals surface area contributed by atoms with E-state index in [0.717, 1.165) is 38.3 Å². The number of aryl methyl sites for hydroxylation is 1. The van der Waals surface area contributed by atoms with Gasteiger partial charge in [-0.15, -0.1) is 0 Å². The van der Waals surface area contributed by atoms with Gasteiger partial charge in [-0.05, 0) is 44.4 Å². The Kier molecular flexibility index (Phi) is 6.29. The second kappa shape index (κ2) is 8.48. The van der Waals surface area contributed by atoms with Gasteiger partial charge >= 0.3 is 0 Å². The largest absolute Gasteiger partial charge is 0.390 e. The van der Waals surface area contributed by atoms with Gasteiger partial charge in [0.2, 0.25) is 0 Å². The van der Waals surface area contributed by atoms with Crippen molar-refractivity contribution in [2.45, 2.75) is 44.4 Å². The third-order valence-corrected chi connectivity index (χ3v) is 5.10. The maximum absolute atomic E-state index is 12.7. The molecular weight excluding hydrogens is 332 g/mol. The first kappa shape index (κ1) is 19.3. The molecule has 0 radical (unpaired) electrons. The molecule has 1 amide bonds. The van der Waals surface area contributed by atoms with Crippen molar-refractivity contribution < 1.29 is 19.4 Å². The average molecular weight is 362 g/mol. The molecule has 0 aromatic heterocycles. The first-order valence-electron chi connectivity index (χ1n) is 9.44. The Morgan fingerprint density at radius 2 is 2.04 bits per heavy atom. The minimum atomic E-state index is -0.704. The first-order chi connectivity index (χ1) is 12.4. The van der Waals surface area contributed by atoms with E-state index in [1.807, 2.05) is 24.3 Å². The highest BCUT2D eigenvalue weighted by Gasteiger charge is 2.35. The standard InChI is InChI=1S/C20H30N2O4/c1-20(2,24)7-6-15-4-3-5-16(12-15)19(23)21-17-13-26-14-18(17)22-8-10-25-11-9-22/h3-5,12,17-18,24H,6-11,13-14H2,1-2H3,(H,21,23)/t17-,18-/m1/s1. The molecule has 2 heterocycles. The molecule has 2 N–H and O–H groups in total. The number of morpholine rings is 1. The molecule has 1 aromatic carbocycles. The zero-order valence-electron chi connectivity index (χ0n) is 15.7. The highest BCUT2D eigenvalue weighted by molar-refractivity contribution is 5.94. The number of carbonyl (C=O) groups is 1. The van der Waals surface area contributed by atoms with Gasteiger partial charge in [-0.3, -0.25) is 9.69 Å². The first-order valence-corrected chi connectivity index (χ1v) is 9.44. The average Bonchev–Trinajstić information content (AvgIpc) is 3.08. The Balaban J connectivity index is 1.60. The highest BCUT2D eigenvalue weighted by Crippen LogP contribution is 2.17. The van der Waals surface area contributed by atoms with Gasteiger partial charge in [-0.1, -0.05) is 12.1 Å². The van der Waals surface area contributed by atoms with Crippen LogP contribution in [-0.2, 0) is 15.9 Å². The van der Waals surface area contributed by atoms with Crippen LogP contribution in [0.3, 0.4) is 0 Å². The van der Waals surface area contributed by atoms with Crippen LogP contribution in [0.1, 0.15) is 36.2 Å². The molecule has 0 spiro atoms. The summed E-state index contributed by atoms with van der Waals surface area (Å²) in [6.07, 6.45) is 1.40. The summed E-state index contributed by atoms with van der Waals surface area (Å²) >= 11 is 0. The number of hydrogen-bond donors (Lipinski definition) is 2. The predicted octanol–water partition coefficient (Wildman–Crippen LogP) is 1.22. The van der Waals surface area contributed by atoms with Crippen LogP contribution in [0.5, 0.6) is 0 Å². The molecule has 0 saturated carbocycles. The number of aliphatic hydroxyl groups is 1. The Labute approximate surface area is 155 Å². The monoisotopic (exact) mass is 362 g/mol. The van der Waals surface area contributed by atoms with Gasteiger partial charge in [0, 0.05) is 18.7 Å². The van der Waals surface area contributed by atoms with Crippen molar-refractivity contribution in [2.24, 2.45) is 0 Å². The molecule has 2 atom stereocenters. The summed E-state index contributed by atoms with van der Waals surface area (Å²) in [5.74, 6) is -0.0659. The van der Waals surface area contributed by atoms with E-state index in [1.54, 1.807) is 13.8 Å². The van der Waals surface area contributed by atoms with E-state index >= 15 is 0 Å². The zero-order chi connectivity index (χ0) is 18.6. The van der Waals surface area contributed by atoms with E-state index in [-0.39, 0.29) is 18.0 Å². The molecule has 2 aliphatic rings. The van der Waals surface area contributed by atoms with E-state index in [4.69, 9.17) is 9.47 Å². The Hall–Kier alpha value is -1.47. The molecular formula is C20H30N2O4. The van der Waals surface area contributed by atoms with E-state index in [1.165, 1.54) is 0 Å². The smallest absolute Gasteiger partial charge is 0.251 e. The van der Waals surface area contributed by atoms with Crippen molar-refractivity contribution >= 4 is 5.91 Å². The summed E-state index contributed by atoms with van der Waals surface area (Å²) in [5.41, 5.74) is 1.02. The number of carbonyl (C=O) groups excluding carboxylic acids is 1. The van der Waals surface area contributed by atoms with Gasteiger partial charge in [0.1, 0.15) is 0 Å². The van der Waals surface area contributed by atoms with Crippen LogP contribution in [0.15, 0.2) is 24.3 Å². The molecule has 1 aromatic rings. The van der Waals surface area contributed by atoms with Gasteiger partial charge in [0.15, 0.2) is 0 Å². The van der Waals surface area contributed by atoms with Crippen LogP contribution in [0.25, 0.3) is 0 Å². The Morgan fingerprint density at radius 3 is 2.77 bits per heavy atom. The lowest BCUT2D eigenvalue weighted by molar-refractivity contribution is 0.0108. The lowest BCUT2D eigenvalue weighted by Gasteiger charge is -2.34. The SMILES string of the molecule is CC(C)(O)CCc1cccc(C(=O)N[C@@H]2COC[C@H]2N2CCOCC2)c1. The number of nitrogens with one attached hydrogen (secondary N) is 1. The number of amides is 1. The van der Waals surface area contributed by atoms with E-state index in [2.05, 4.69) is 10.2 Å². The normalized spacial score (nSPS) is 24.6. The number of rotatable bonds is 6. The minimum absolute atomic E-state index is 0.000585. The fraction of sp³-hybridized carbons (Fsp3) is 0.650. The van der Waals surface area contributed by atoms with Crippen molar-refractivity contribution in [1.29, 1.82) is 0 Å². The molecule has 0 aliphatic carbocycles.